The minimum Gasteiger partial charge on any atom is -0.450 e. The first-order valence-corrected chi connectivity index (χ1v) is 3.30. The average Bonchev–Trinajstić information content (AvgIpc) is 1.87. The first-order valence-electron chi connectivity index (χ1n) is 3.30. The topological polar surface area (TPSA) is 81.4 Å². The van der Waals surface area contributed by atoms with E-state index >= 15 is 0 Å². The lowest BCUT2D eigenvalue weighted by atomic mass is 10.3. The number of alkyl carbamates (subject to hydrolysis) is 1. The molecular weight excluding hydrogens is 148 g/mol. The smallest absolute Gasteiger partial charge is 0.407 e. The maximum absolute atomic E-state index is 10.6. The highest BCUT2D eigenvalue weighted by atomic mass is 16.5. The van der Waals surface area contributed by atoms with Gasteiger partial charge in [-0.2, -0.15) is 0 Å². The molecule has 64 valence electrons. The zero-order valence-corrected chi connectivity index (χ0v) is 6.59. The fourth-order valence-corrected chi connectivity index (χ4v) is 0.421. The van der Waals surface area contributed by atoms with Gasteiger partial charge in [-0.05, 0) is 13.8 Å². The van der Waals surface area contributed by atoms with Gasteiger partial charge in [0.2, 0.25) is 5.91 Å². The van der Waals surface area contributed by atoms with Crippen LogP contribution in [0.25, 0.3) is 0 Å². The minimum absolute atomic E-state index is 0.275. The summed E-state index contributed by atoms with van der Waals surface area (Å²) in [6, 6.07) is -0.686. The van der Waals surface area contributed by atoms with Crippen molar-refractivity contribution in [3.05, 3.63) is 0 Å². The van der Waals surface area contributed by atoms with E-state index in [-0.39, 0.29) is 6.61 Å². The number of nitrogens with two attached hydrogens (primary N) is 1. The number of nitrogens with one attached hydrogen (secondary N) is 1. The van der Waals surface area contributed by atoms with Gasteiger partial charge in [0.05, 0.1) is 6.61 Å². The van der Waals surface area contributed by atoms with E-state index in [9.17, 15) is 9.59 Å². The SMILES string of the molecule is CCOC(=O)NC(C)C(N)=O. The van der Waals surface area contributed by atoms with Gasteiger partial charge in [-0.25, -0.2) is 4.79 Å². The van der Waals surface area contributed by atoms with Crippen LogP contribution in [0.3, 0.4) is 0 Å². The molecule has 0 saturated heterocycles. The van der Waals surface area contributed by atoms with Gasteiger partial charge in [-0.15, -0.1) is 0 Å². The summed E-state index contributed by atoms with van der Waals surface area (Å²) < 4.78 is 4.50. The van der Waals surface area contributed by atoms with Crippen molar-refractivity contribution in [1.82, 2.24) is 5.32 Å². The molecule has 5 nitrogen and oxygen atoms in total. The number of primary amides is 1. The van der Waals surface area contributed by atoms with E-state index in [4.69, 9.17) is 5.73 Å². The number of rotatable bonds is 3. The molecule has 0 fully saturated rings. The van der Waals surface area contributed by atoms with Crippen LogP contribution < -0.4 is 11.1 Å². The van der Waals surface area contributed by atoms with Gasteiger partial charge in [0.1, 0.15) is 6.04 Å². The van der Waals surface area contributed by atoms with Crippen molar-refractivity contribution in [1.29, 1.82) is 0 Å². The molecule has 0 aliphatic carbocycles. The number of hydrogen-bond acceptors (Lipinski definition) is 3. The molecule has 0 aromatic rings. The van der Waals surface area contributed by atoms with Crippen LogP contribution in [-0.4, -0.2) is 24.6 Å². The van der Waals surface area contributed by atoms with E-state index in [1.807, 2.05) is 0 Å². The Morgan fingerprint density at radius 3 is 2.55 bits per heavy atom. The van der Waals surface area contributed by atoms with Gasteiger partial charge in [-0.1, -0.05) is 0 Å². The summed E-state index contributed by atoms with van der Waals surface area (Å²) in [4.78, 5) is 21.0. The van der Waals surface area contributed by atoms with Gasteiger partial charge < -0.3 is 15.8 Å². The Morgan fingerprint density at radius 2 is 2.18 bits per heavy atom. The van der Waals surface area contributed by atoms with Crippen LogP contribution in [0.1, 0.15) is 13.8 Å². The summed E-state index contributed by atoms with van der Waals surface area (Å²) in [6.45, 7) is 3.44. The van der Waals surface area contributed by atoms with Crippen LogP contribution in [0.2, 0.25) is 0 Å². The molecule has 0 heterocycles. The van der Waals surface area contributed by atoms with Crippen molar-refractivity contribution in [3.63, 3.8) is 0 Å². The zero-order valence-electron chi connectivity index (χ0n) is 6.59. The Morgan fingerprint density at radius 1 is 1.64 bits per heavy atom. The Labute approximate surface area is 64.9 Å². The minimum atomic E-state index is -0.686. The molecule has 0 spiro atoms. The summed E-state index contributed by atoms with van der Waals surface area (Å²) in [5, 5.41) is 2.24. The van der Waals surface area contributed by atoms with Crippen molar-refractivity contribution < 1.29 is 14.3 Å². The third-order valence-electron chi connectivity index (χ3n) is 1.04. The van der Waals surface area contributed by atoms with Crippen molar-refractivity contribution in [3.8, 4) is 0 Å². The van der Waals surface area contributed by atoms with E-state index < -0.39 is 18.0 Å². The molecule has 0 aliphatic rings. The van der Waals surface area contributed by atoms with Crippen molar-refractivity contribution in [2.75, 3.05) is 6.61 Å². The van der Waals surface area contributed by atoms with Gasteiger partial charge in [0.15, 0.2) is 0 Å². The summed E-state index contributed by atoms with van der Waals surface area (Å²) in [7, 11) is 0. The van der Waals surface area contributed by atoms with E-state index in [0.717, 1.165) is 0 Å². The second-order valence-electron chi connectivity index (χ2n) is 1.99. The van der Waals surface area contributed by atoms with E-state index in [2.05, 4.69) is 10.1 Å². The highest BCUT2D eigenvalue weighted by Gasteiger charge is 2.11. The molecule has 0 saturated carbocycles. The van der Waals surface area contributed by atoms with E-state index in [1.54, 1.807) is 6.92 Å². The summed E-state index contributed by atoms with van der Waals surface area (Å²) in [6.07, 6.45) is -0.626. The van der Waals surface area contributed by atoms with Crippen LogP contribution in [0.15, 0.2) is 0 Å². The molecule has 0 radical (unpaired) electrons. The molecule has 5 heteroatoms. The molecule has 3 N–H and O–H groups in total. The Hall–Kier alpha value is -1.26. The van der Waals surface area contributed by atoms with Crippen LogP contribution in [0.5, 0.6) is 0 Å². The van der Waals surface area contributed by atoms with E-state index in [0.29, 0.717) is 0 Å². The van der Waals surface area contributed by atoms with Crippen molar-refractivity contribution in [2.45, 2.75) is 19.9 Å². The Kier molecular flexibility index (Phi) is 4.02. The lowest BCUT2D eigenvalue weighted by Crippen LogP contribution is -2.42. The lowest BCUT2D eigenvalue weighted by Gasteiger charge is -2.08. The molecule has 1 atom stereocenters. The summed E-state index contributed by atoms with van der Waals surface area (Å²) in [5.41, 5.74) is 4.87. The fourth-order valence-electron chi connectivity index (χ4n) is 0.421. The van der Waals surface area contributed by atoms with Crippen LogP contribution in [0, 0.1) is 0 Å². The predicted octanol–water partition coefficient (Wildman–Crippen LogP) is -0.394. The van der Waals surface area contributed by atoms with Crippen LogP contribution in [0.4, 0.5) is 4.79 Å². The number of ether oxygens (including phenoxy) is 1. The molecule has 1 unspecified atom stereocenters. The van der Waals surface area contributed by atoms with E-state index in [1.165, 1.54) is 6.92 Å². The third kappa shape index (κ3) is 4.19. The quantitative estimate of drug-likeness (QED) is 0.589. The first-order chi connectivity index (χ1) is 5.07. The predicted molar refractivity (Wildman–Crippen MR) is 38.8 cm³/mol. The van der Waals surface area contributed by atoms with Gasteiger partial charge >= 0.3 is 6.09 Å². The highest BCUT2D eigenvalue weighted by Crippen LogP contribution is 1.82. The lowest BCUT2D eigenvalue weighted by molar-refractivity contribution is -0.119. The first kappa shape index (κ1) is 9.74. The number of carbonyl (C=O) groups excluding carboxylic acids is 2. The molecule has 0 aromatic heterocycles. The molecular formula is C6H12N2O3. The van der Waals surface area contributed by atoms with Crippen molar-refractivity contribution in [2.24, 2.45) is 5.73 Å². The largest absolute Gasteiger partial charge is 0.450 e. The Bertz CT molecular complexity index is 158. The molecule has 0 bridgehead atoms. The normalized spacial score (nSPS) is 11.8. The second kappa shape index (κ2) is 4.54. The van der Waals surface area contributed by atoms with Gasteiger partial charge in [-0.3, -0.25) is 4.79 Å². The average molecular weight is 160 g/mol. The van der Waals surface area contributed by atoms with Crippen LogP contribution >= 0.6 is 0 Å². The summed E-state index contributed by atoms with van der Waals surface area (Å²) >= 11 is 0. The highest BCUT2D eigenvalue weighted by molar-refractivity contribution is 5.83. The number of amides is 2. The summed E-state index contributed by atoms with van der Waals surface area (Å²) in [5.74, 6) is -0.585. The monoisotopic (exact) mass is 160 g/mol. The van der Waals surface area contributed by atoms with Gasteiger partial charge in [0, 0.05) is 0 Å². The maximum atomic E-state index is 10.6. The Balaban J connectivity index is 3.66. The molecule has 0 aliphatic heterocycles. The standard InChI is InChI=1S/C6H12N2O3/c1-3-11-6(10)8-4(2)5(7)9/h4H,3H2,1-2H3,(H2,7,9)(H,8,10). The maximum Gasteiger partial charge on any atom is 0.407 e. The molecule has 0 rings (SSSR count). The fraction of sp³-hybridized carbons (Fsp3) is 0.667. The second-order valence-corrected chi connectivity index (χ2v) is 1.99. The zero-order chi connectivity index (χ0) is 8.85. The number of carbonyl (C=O) groups is 2. The van der Waals surface area contributed by atoms with Crippen molar-refractivity contribution >= 4 is 12.0 Å². The number of hydrogen-bond donors (Lipinski definition) is 2. The molecule has 11 heavy (non-hydrogen) atoms. The molecule has 0 aromatic carbocycles. The van der Waals surface area contributed by atoms with Gasteiger partial charge in [0.25, 0.3) is 0 Å². The third-order valence-corrected chi connectivity index (χ3v) is 1.04. The van der Waals surface area contributed by atoms with Crippen LogP contribution in [-0.2, 0) is 9.53 Å². The molecule has 2 amide bonds.